The van der Waals surface area contributed by atoms with Crippen LogP contribution in [0.5, 0.6) is 0 Å². The maximum atomic E-state index is 11.7. The van der Waals surface area contributed by atoms with Gasteiger partial charge in [0, 0.05) is 0 Å². The van der Waals surface area contributed by atoms with Crippen LogP contribution < -0.4 is 5.73 Å². The number of carbonyl (C=O) groups excluding carboxylic acids is 1. The summed E-state index contributed by atoms with van der Waals surface area (Å²) in [4.78, 5) is 11.7. The minimum atomic E-state index is -0.278. The first-order chi connectivity index (χ1) is 7.08. The second-order valence-electron chi connectivity index (χ2n) is 4.17. The van der Waals surface area contributed by atoms with Gasteiger partial charge in [-0.3, -0.25) is 0 Å². The van der Waals surface area contributed by atoms with E-state index in [9.17, 15) is 4.79 Å². The zero-order chi connectivity index (χ0) is 11.1. The highest BCUT2D eigenvalue weighted by atomic mass is 32.1. The molecule has 1 fully saturated rings. The summed E-state index contributed by atoms with van der Waals surface area (Å²) in [5, 5.41) is 2.57. The fourth-order valence-electron chi connectivity index (χ4n) is 1.69. The highest BCUT2D eigenvalue weighted by Gasteiger charge is 2.43. The maximum Gasteiger partial charge on any atom is 0.341 e. The van der Waals surface area contributed by atoms with Crippen molar-refractivity contribution in [3.8, 4) is 0 Å². The Morgan fingerprint density at radius 1 is 1.67 bits per heavy atom. The minimum Gasteiger partial charge on any atom is -0.462 e. The molecule has 0 saturated heterocycles. The van der Waals surface area contributed by atoms with Gasteiger partial charge in [-0.15, -0.1) is 11.3 Å². The van der Waals surface area contributed by atoms with Gasteiger partial charge in [-0.2, -0.15) is 0 Å². The van der Waals surface area contributed by atoms with Gasteiger partial charge in [-0.05, 0) is 36.1 Å². The zero-order valence-corrected chi connectivity index (χ0v) is 9.82. The number of anilines is 1. The molecule has 1 aliphatic rings. The minimum absolute atomic E-state index is 0.163. The number of rotatable bonds is 3. The smallest absolute Gasteiger partial charge is 0.341 e. The first kappa shape index (κ1) is 10.5. The van der Waals surface area contributed by atoms with Gasteiger partial charge in [0.1, 0.15) is 5.00 Å². The summed E-state index contributed by atoms with van der Waals surface area (Å²) in [6, 6.07) is 0. The van der Waals surface area contributed by atoms with Crippen LogP contribution in [0.1, 0.15) is 42.6 Å². The van der Waals surface area contributed by atoms with Gasteiger partial charge in [-0.25, -0.2) is 4.79 Å². The maximum absolute atomic E-state index is 11.7. The van der Waals surface area contributed by atoms with Crippen LogP contribution in [0, 0.1) is 0 Å². The lowest BCUT2D eigenvalue weighted by atomic mass is 9.97. The average molecular weight is 225 g/mol. The molecule has 0 spiro atoms. The quantitative estimate of drug-likeness (QED) is 0.804. The Labute approximate surface area is 93.2 Å². The SMILES string of the molecule is CCOC(=O)c1c(C2(C)CC2)csc1N. The van der Waals surface area contributed by atoms with Crippen molar-refractivity contribution in [3.63, 3.8) is 0 Å². The summed E-state index contributed by atoms with van der Waals surface area (Å²) in [6.45, 7) is 4.36. The summed E-state index contributed by atoms with van der Waals surface area (Å²) < 4.78 is 5.02. The Morgan fingerprint density at radius 2 is 2.33 bits per heavy atom. The lowest BCUT2D eigenvalue weighted by Crippen LogP contribution is -2.12. The van der Waals surface area contributed by atoms with Gasteiger partial charge >= 0.3 is 5.97 Å². The predicted molar refractivity (Wildman–Crippen MR) is 61.3 cm³/mol. The molecule has 2 rings (SSSR count). The fraction of sp³-hybridized carbons (Fsp3) is 0.545. The molecule has 1 heterocycles. The van der Waals surface area contributed by atoms with Crippen LogP contribution in [-0.2, 0) is 10.2 Å². The summed E-state index contributed by atoms with van der Waals surface area (Å²) in [6.07, 6.45) is 2.27. The Balaban J connectivity index is 2.36. The molecule has 0 bridgehead atoms. The fourth-order valence-corrected chi connectivity index (χ4v) is 2.65. The van der Waals surface area contributed by atoms with Crippen molar-refractivity contribution in [3.05, 3.63) is 16.5 Å². The number of nitrogens with two attached hydrogens (primary N) is 1. The lowest BCUT2D eigenvalue weighted by molar-refractivity contribution is 0.0526. The molecule has 0 radical (unpaired) electrons. The van der Waals surface area contributed by atoms with Crippen LogP contribution in [0.15, 0.2) is 5.38 Å². The third kappa shape index (κ3) is 1.74. The van der Waals surface area contributed by atoms with Gasteiger partial charge in [0.15, 0.2) is 0 Å². The molecular weight excluding hydrogens is 210 g/mol. The van der Waals surface area contributed by atoms with Crippen LogP contribution in [0.4, 0.5) is 5.00 Å². The zero-order valence-electron chi connectivity index (χ0n) is 9.00. The normalized spacial score (nSPS) is 17.5. The highest BCUT2D eigenvalue weighted by Crippen LogP contribution is 2.51. The first-order valence-electron chi connectivity index (χ1n) is 5.13. The molecule has 1 aromatic rings. The Bertz CT molecular complexity index is 393. The topological polar surface area (TPSA) is 52.3 Å². The van der Waals surface area contributed by atoms with Crippen LogP contribution in [0.25, 0.3) is 0 Å². The van der Waals surface area contributed by atoms with Crippen molar-refractivity contribution in [2.45, 2.75) is 32.1 Å². The summed E-state index contributed by atoms with van der Waals surface area (Å²) >= 11 is 1.43. The molecule has 0 aliphatic heterocycles. The van der Waals surface area contributed by atoms with E-state index in [4.69, 9.17) is 10.5 Å². The summed E-state index contributed by atoms with van der Waals surface area (Å²) in [5.74, 6) is -0.278. The van der Waals surface area contributed by atoms with Gasteiger partial charge in [0.05, 0.1) is 12.2 Å². The van der Waals surface area contributed by atoms with Gasteiger partial charge in [0.2, 0.25) is 0 Å². The molecule has 0 aromatic carbocycles. The Hall–Kier alpha value is -1.03. The Morgan fingerprint density at radius 3 is 2.87 bits per heavy atom. The van der Waals surface area contributed by atoms with Crippen LogP contribution in [0.2, 0.25) is 0 Å². The number of ether oxygens (including phenoxy) is 1. The molecule has 0 unspecified atom stereocenters. The number of hydrogen-bond acceptors (Lipinski definition) is 4. The molecule has 15 heavy (non-hydrogen) atoms. The van der Waals surface area contributed by atoms with Crippen molar-refractivity contribution < 1.29 is 9.53 Å². The number of nitrogen functional groups attached to an aromatic ring is 1. The molecule has 2 N–H and O–H groups in total. The van der Waals surface area contributed by atoms with E-state index in [2.05, 4.69) is 6.92 Å². The Kier molecular flexibility index (Phi) is 2.46. The van der Waals surface area contributed by atoms with E-state index >= 15 is 0 Å². The molecule has 82 valence electrons. The van der Waals surface area contributed by atoms with Gasteiger partial charge < -0.3 is 10.5 Å². The number of esters is 1. The molecule has 4 heteroatoms. The summed E-state index contributed by atoms with van der Waals surface area (Å²) in [7, 11) is 0. The largest absolute Gasteiger partial charge is 0.462 e. The number of thiophene rings is 1. The number of hydrogen-bond donors (Lipinski definition) is 1. The predicted octanol–water partition coefficient (Wildman–Crippen LogP) is 2.56. The third-order valence-electron chi connectivity index (χ3n) is 2.95. The van der Waals surface area contributed by atoms with Crippen LogP contribution >= 0.6 is 11.3 Å². The lowest BCUT2D eigenvalue weighted by Gasteiger charge is -2.09. The molecule has 3 nitrogen and oxygen atoms in total. The van der Waals surface area contributed by atoms with E-state index in [1.165, 1.54) is 11.3 Å². The second kappa shape index (κ2) is 3.52. The average Bonchev–Trinajstić information content (AvgIpc) is 2.78. The van der Waals surface area contributed by atoms with Crippen molar-refractivity contribution in [2.24, 2.45) is 0 Å². The van der Waals surface area contributed by atoms with Crippen molar-refractivity contribution in [2.75, 3.05) is 12.3 Å². The summed E-state index contributed by atoms with van der Waals surface area (Å²) in [5.41, 5.74) is 7.65. The molecule has 1 aromatic heterocycles. The van der Waals surface area contributed by atoms with Crippen LogP contribution in [0.3, 0.4) is 0 Å². The van der Waals surface area contributed by atoms with E-state index in [0.717, 1.165) is 18.4 Å². The monoisotopic (exact) mass is 225 g/mol. The van der Waals surface area contributed by atoms with Crippen molar-refractivity contribution in [1.29, 1.82) is 0 Å². The van der Waals surface area contributed by atoms with E-state index in [1.54, 1.807) is 6.92 Å². The van der Waals surface area contributed by atoms with Gasteiger partial charge in [-0.1, -0.05) is 6.92 Å². The molecule has 0 atom stereocenters. The van der Waals surface area contributed by atoms with Crippen molar-refractivity contribution >= 4 is 22.3 Å². The highest BCUT2D eigenvalue weighted by molar-refractivity contribution is 7.14. The molecule has 1 aliphatic carbocycles. The van der Waals surface area contributed by atoms with E-state index in [1.807, 2.05) is 5.38 Å². The third-order valence-corrected chi connectivity index (χ3v) is 3.76. The standard InChI is InChI=1S/C11H15NO2S/c1-3-14-10(13)8-7(6-15-9(8)12)11(2)4-5-11/h6H,3-5,12H2,1-2H3. The van der Waals surface area contributed by atoms with Crippen molar-refractivity contribution in [1.82, 2.24) is 0 Å². The number of carbonyl (C=O) groups is 1. The van der Waals surface area contributed by atoms with E-state index in [0.29, 0.717) is 17.2 Å². The second-order valence-corrected chi connectivity index (χ2v) is 5.08. The molecule has 0 amide bonds. The van der Waals surface area contributed by atoms with E-state index in [-0.39, 0.29) is 11.4 Å². The van der Waals surface area contributed by atoms with Crippen LogP contribution in [-0.4, -0.2) is 12.6 Å². The van der Waals surface area contributed by atoms with Gasteiger partial charge in [0.25, 0.3) is 0 Å². The molecular formula is C11H15NO2S. The van der Waals surface area contributed by atoms with E-state index < -0.39 is 0 Å². The molecule has 1 saturated carbocycles. The first-order valence-corrected chi connectivity index (χ1v) is 6.01.